The summed E-state index contributed by atoms with van der Waals surface area (Å²) in [7, 11) is 0. The number of halogens is 1. The number of rotatable bonds is 2. The zero-order valence-electron chi connectivity index (χ0n) is 5.62. The fourth-order valence-electron chi connectivity index (χ4n) is 0.763. The summed E-state index contributed by atoms with van der Waals surface area (Å²) in [5.74, 6) is 0.0828. The maximum absolute atomic E-state index is 10.3. The molecular weight excluding hydrogens is 228 g/mol. The van der Waals surface area contributed by atoms with Gasteiger partial charge >= 0.3 is 0 Å². The summed E-state index contributed by atoms with van der Waals surface area (Å²) in [6, 6.07) is 7.24. The van der Waals surface area contributed by atoms with E-state index < -0.39 is 11.1 Å². The van der Waals surface area contributed by atoms with Crippen LogP contribution in [0.5, 0.6) is 0 Å². The van der Waals surface area contributed by atoms with Gasteiger partial charge in [-0.05, 0) is 17.7 Å². The van der Waals surface area contributed by atoms with Gasteiger partial charge in [-0.3, -0.25) is 4.21 Å². The third-order valence-corrected chi connectivity index (χ3v) is 2.24. The Labute approximate surface area is 76.0 Å². The second kappa shape index (κ2) is 3.99. The van der Waals surface area contributed by atoms with Crippen molar-refractivity contribution in [2.75, 3.05) is 0 Å². The van der Waals surface area contributed by atoms with E-state index in [0.29, 0.717) is 0 Å². The van der Waals surface area contributed by atoms with Crippen molar-refractivity contribution < 1.29 is 8.76 Å². The van der Waals surface area contributed by atoms with Gasteiger partial charge in [0.05, 0.1) is 0 Å². The first kappa shape index (κ1) is 8.90. The fraction of sp³-hybridized carbons (Fsp3) is 0.143. The molecule has 1 unspecified atom stereocenters. The van der Waals surface area contributed by atoms with Crippen LogP contribution in [0.15, 0.2) is 28.7 Å². The van der Waals surface area contributed by atoms with E-state index >= 15 is 0 Å². The lowest BCUT2D eigenvalue weighted by molar-refractivity contribution is 0.536. The van der Waals surface area contributed by atoms with Crippen LogP contribution in [0.25, 0.3) is 0 Å². The van der Waals surface area contributed by atoms with Crippen molar-refractivity contribution >= 4 is 27.0 Å². The van der Waals surface area contributed by atoms with Crippen molar-refractivity contribution in [1.82, 2.24) is 0 Å². The van der Waals surface area contributed by atoms with Gasteiger partial charge < -0.3 is 4.55 Å². The molecule has 1 atom stereocenters. The highest BCUT2D eigenvalue weighted by Gasteiger charge is 1.92. The molecule has 1 aromatic rings. The summed E-state index contributed by atoms with van der Waals surface area (Å²) >= 11 is 1.26. The minimum absolute atomic E-state index is 0.0828. The van der Waals surface area contributed by atoms with Crippen LogP contribution in [0.4, 0.5) is 0 Å². The summed E-state index contributed by atoms with van der Waals surface area (Å²) in [4.78, 5) is 0. The van der Waals surface area contributed by atoms with Crippen LogP contribution in [0.2, 0.25) is 0 Å². The molecule has 60 valence electrons. The normalized spacial score (nSPS) is 12.9. The lowest BCUT2D eigenvalue weighted by Crippen LogP contribution is -1.92. The molecule has 0 fully saturated rings. The molecule has 1 rings (SSSR count). The summed E-state index contributed by atoms with van der Waals surface area (Å²) in [6.45, 7) is 0. The molecule has 4 heteroatoms. The Bertz CT molecular complexity index is 275. The van der Waals surface area contributed by atoms with E-state index in [4.69, 9.17) is 0 Å². The molecule has 0 aromatic heterocycles. The van der Waals surface area contributed by atoms with Crippen LogP contribution in [-0.4, -0.2) is 8.76 Å². The molecule has 0 aliphatic heterocycles. The van der Waals surface area contributed by atoms with E-state index in [1.165, 1.54) is 0 Å². The highest BCUT2D eigenvalue weighted by molar-refractivity contribution is 9.10. The highest BCUT2D eigenvalue weighted by Crippen LogP contribution is 2.12. The van der Waals surface area contributed by atoms with E-state index in [1.807, 2.05) is 12.1 Å². The molecule has 0 heterocycles. The molecule has 0 amide bonds. The zero-order valence-corrected chi connectivity index (χ0v) is 8.02. The molecular formula is C7H6BrO2S-. The van der Waals surface area contributed by atoms with Crippen LogP contribution in [0.3, 0.4) is 0 Å². The SMILES string of the molecule is O=S([O-])Cc1cccc(Br)c1. The average molecular weight is 234 g/mol. The summed E-state index contributed by atoms with van der Waals surface area (Å²) in [6.07, 6.45) is 0. The third kappa shape index (κ3) is 3.14. The van der Waals surface area contributed by atoms with E-state index in [0.717, 1.165) is 10.0 Å². The molecule has 0 spiro atoms. The first-order valence-electron chi connectivity index (χ1n) is 2.99. The van der Waals surface area contributed by atoms with Gasteiger partial charge in [0, 0.05) is 10.2 Å². The topological polar surface area (TPSA) is 40.1 Å². The molecule has 2 nitrogen and oxygen atoms in total. The monoisotopic (exact) mass is 233 g/mol. The third-order valence-electron chi connectivity index (χ3n) is 1.17. The van der Waals surface area contributed by atoms with Gasteiger partial charge in [0.2, 0.25) is 0 Å². The molecule has 0 aliphatic rings. The molecule has 0 saturated carbocycles. The highest BCUT2D eigenvalue weighted by atomic mass is 79.9. The van der Waals surface area contributed by atoms with Gasteiger partial charge in [0.25, 0.3) is 0 Å². The molecule has 1 aromatic carbocycles. The lowest BCUT2D eigenvalue weighted by Gasteiger charge is -2.04. The molecule has 0 bridgehead atoms. The fourth-order valence-corrected chi connectivity index (χ4v) is 1.66. The Kier molecular flexibility index (Phi) is 3.23. The van der Waals surface area contributed by atoms with Gasteiger partial charge in [0.1, 0.15) is 0 Å². The van der Waals surface area contributed by atoms with Crippen molar-refractivity contribution in [3.63, 3.8) is 0 Å². The first-order chi connectivity index (χ1) is 5.18. The maximum atomic E-state index is 10.3. The van der Waals surface area contributed by atoms with Crippen molar-refractivity contribution in [2.24, 2.45) is 0 Å². The molecule has 11 heavy (non-hydrogen) atoms. The molecule has 0 saturated heterocycles. The number of benzene rings is 1. The van der Waals surface area contributed by atoms with Gasteiger partial charge in [-0.2, -0.15) is 0 Å². The Morgan fingerprint density at radius 3 is 2.82 bits per heavy atom. The van der Waals surface area contributed by atoms with Crippen molar-refractivity contribution in [3.8, 4) is 0 Å². The smallest absolute Gasteiger partial charge is 0.0353 e. The minimum atomic E-state index is -2.00. The number of hydrogen-bond acceptors (Lipinski definition) is 2. The van der Waals surface area contributed by atoms with E-state index in [9.17, 15) is 8.76 Å². The summed E-state index contributed by atoms with van der Waals surface area (Å²) in [5.41, 5.74) is 0.799. The van der Waals surface area contributed by atoms with Crippen molar-refractivity contribution in [1.29, 1.82) is 0 Å². The quantitative estimate of drug-likeness (QED) is 0.732. The predicted molar refractivity (Wildman–Crippen MR) is 46.8 cm³/mol. The van der Waals surface area contributed by atoms with Crippen LogP contribution < -0.4 is 0 Å². The second-order valence-electron chi connectivity index (χ2n) is 2.08. The van der Waals surface area contributed by atoms with Crippen LogP contribution in [-0.2, 0) is 16.8 Å². The van der Waals surface area contributed by atoms with Crippen LogP contribution in [0.1, 0.15) is 5.56 Å². The van der Waals surface area contributed by atoms with Crippen molar-refractivity contribution in [2.45, 2.75) is 5.75 Å². The minimum Gasteiger partial charge on any atom is -0.772 e. The van der Waals surface area contributed by atoms with E-state index in [2.05, 4.69) is 15.9 Å². The summed E-state index contributed by atoms with van der Waals surface area (Å²) in [5, 5.41) is 0. The number of hydrogen-bond donors (Lipinski definition) is 0. The first-order valence-corrected chi connectivity index (χ1v) is 5.02. The predicted octanol–water partition coefficient (Wildman–Crippen LogP) is 1.83. The van der Waals surface area contributed by atoms with E-state index in [-0.39, 0.29) is 5.75 Å². The second-order valence-corrected chi connectivity index (χ2v) is 3.89. The van der Waals surface area contributed by atoms with Gasteiger partial charge in [-0.25, -0.2) is 0 Å². The van der Waals surface area contributed by atoms with Gasteiger partial charge in [-0.1, -0.05) is 39.1 Å². The molecule has 0 N–H and O–H groups in total. The average Bonchev–Trinajstić information content (AvgIpc) is 1.85. The van der Waals surface area contributed by atoms with Gasteiger partial charge in [0.15, 0.2) is 0 Å². The summed E-state index contributed by atoms with van der Waals surface area (Å²) < 4.78 is 21.4. The molecule has 0 aliphatic carbocycles. The van der Waals surface area contributed by atoms with Gasteiger partial charge in [-0.15, -0.1) is 0 Å². The Balaban J connectivity index is 2.79. The lowest BCUT2D eigenvalue weighted by atomic mass is 10.2. The Morgan fingerprint density at radius 2 is 2.27 bits per heavy atom. The Hall–Kier alpha value is -0.190. The standard InChI is InChI=1S/C7H7BrO2S/c8-7-3-1-2-6(4-7)5-11(9)10/h1-4H,5H2,(H,9,10)/p-1. The van der Waals surface area contributed by atoms with Crippen LogP contribution >= 0.6 is 15.9 Å². The van der Waals surface area contributed by atoms with Crippen LogP contribution in [0, 0.1) is 0 Å². The Morgan fingerprint density at radius 1 is 1.55 bits per heavy atom. The maximum Gasteiger partial charge on any atom is 0.0353 e. The van der Waals surface area contributed by atoms with Crippen molar-refractivity contribution in [3.05, 3.63) is 34.3 Å². The molecule has 0 radical (unpaired) electrons. The largest absolute Gasteiger partial charge is 0.772 e. The zero-order chi connectivity index (χ0) is 8.27. The van der Waals surface area contributed by atoms with E-state index in [1.54, 1.807) is 12.1 Å².